The molecule has 0 amide bonds. The molecule has 0 bridgehead atoms. The molecule has 8 heteroatoms. The number of nitrogens with zero attached hydrogens (tertiary/aromatic N) is 5. The van der Waals surface area contributed by atoms with Crippen LogP contribution in [-0.2, 0) is 17.8 Å². The summed E-state index contributed by atoms with van der Waals surface area (Å²) < 4.78 is 19.4. The van der Waals surface area contributed by atoms with Crippen LogP contribution in [0.2, 0.25) is 0 Å². The first-order valence-corrected chi connectivity index (χ1v) is 8.35. The van der Waals surface area contributed by atoms with Crippen LogP contribution in [-0.4, -0.2) is 37.4 Å². The molecule has 2 aromatic heterocycles. The first kappa shape index (κ1) is 14.7. The summed E-state index contributed by atoms with van der Waals surface area (Å²) in [6.07, 6.45) is 1.98. The highest BCUT2D eigenvalue weighted by molar-refractivity contribution is 7.00. The Morgan fingerprint density at radius 2 is 2.17 bits per heavy atom. The molecule has 0 aliphatic carbocycles. The maximum absolute atomic E-state index is 5.56. The van der Waals surface area contributed by atoms with Gasteiger partial charge in [-0.2, -0.15) is 13.7 Å². The topological polar surface area (TPSA) is 77.2 Å². The number of hydrogen-bond donors (Lipinski definition) is 0. The molecule has 0 saturated carbocycles. The van der Waals surface area contributed by atoms with Gasteiger partial charge in [0.2, 0.25) is 0 Å². The van der Waals surface area contributed by atoms with Crippen molar-refractivity contribution in [3.8, 4) is 0 Å². The first-order valence-electron chi connectivity index (χ1n) is 7.62. The van der Waals surface area contributed by atoms with Crippen molar-refractivity contribution in [3.63, 3.8) is 0 Å². The van der Waals surface area contributed by atoms with E-state index in [1.807, 2.05) is 13.1 Å². The third kappa shape index (κ3) is 3.24. The first-order chi connectivity index (χ1) is 11.3. The fourth-order valence-electron chi connectivity index (χ4n) is 2.77. The number of rotatable bonds is 5. The lowest BCUT2D eigenvalue weighted by atomic mass is 10.2. The van der Waals surface area contributed by atoms with Gasteiger partial charge in [-0.3, -0.25) is 4.90 Å². The van der Waals surface area contributed by atoms with Crippen molar-refractivity contribution in [3.05, 3.63) is 35.5 Å². The van der Waals surface area contributed by atoms with Gasteiger partial charge in [-0.1, -0.05) is 11.2 Å². The van der Waals surface area contributed by atoms with E-state index in [1.54, 1.807) is 0 Å². The molecule has 3 heterocycles. The zero-order chi connectivity index (χ0) is 15.6. The molecule has 1 atom stereocenters. The van der Waals surface area contributed by atoms with Crippen molar-refractivity contribution in [1.82, 2.24) is 23.8 Å². The SMILES string of the molecule is CN(Cc1ccc2nsnc2c1)Cc1noc([C@@H]2CCCO2)n1. The van der Waals surface area contributed by atoms with E-state index in [0.29, 0.717) is 18.3 Å². The molecular formula is C15H17N5O2S. The molecule has 3 aromatic rings. The number of benzene rings is 1. The van der Waals surface area contributed by atoms with Crippen LogP contribution in [0, 0.1) is 0 Å². The molecule has 120 valence electrons. The molecule has 1 aromatic carbocycles. The van der Waals surface area contributed by atoms with E-state index in [1.165, 1.54) is 17.3 Å². The second-order valence-electron chi connectivity index (χ2n) is 5.81. The highest BCUT2D eigenvalue weighted by Crippen LogP contribution is 2.27. The summed E-state index contributed by atoms with van der Waals surface area (Å²) in [5.74, 6) is 1.29. The van der Waals surface area contributed by atoms with Crippen LogP contribution in [0.1, 0.15) is 36.2 Å². The molecular weight excluding hydrogens is 314 g/mol. The predicted molar refractivity (Wildman–Crippen MR) is 84.8 cm³/mol. The summed E-state index contributed by atoms with van der Waals surface area (Å²) in [6.45, 7) is 2.19. The van der Waals surface area contributed by atoms with Gasteiger partial charge in [0.05, 0.1) is 18.3 Å². The van der Waals surface area contributed by atoms with E-state index in [9.17, 15) is 0 Å². The Hall–Kier alpha value is -1.90. The van der Waals surface area contributed by atoms with E-state index in [0.717, 1.165) is 37.0 Å². The van der Waals surface area contributed by atoms with Crippen LogP contribution in [0.15, 0.2) is 22.7 Å². The number of fused-ring (bicyclic) bond motifs is 1. The Balaban J connectivity index is 1.40. The highest BCUT2D eigenvalue weighted by atomic mass is 32.1. The van der Waals surface area contributed by atoms with E-state index in [4.69, 9.17) is 9.26 Å². The maximum Gasteiger partial charge on any atom is 0.255 e. The number of hydrogen-bond acceptors (Lipinski definition) is 8. The fourth-order valence-corrected chi connectivity index (χ4v) is 3.29. The average molecular weight is 331 g/mol. The van der Waals surface area contributed by atoms with Gasteiger partial charge in [-0.25, -0.2) is 0 Å². The molecule has 0 radical (unpaired) electrons. The van der Waals surface area contributed by atoms with Gasteiger partial charge in [0.1, 0.15) is 17.1 Å². The zero-order valence-electron chi connectivity index (χ0n) is 12.8. The van der Waals surface area contributed by atoms with Gasteiger partial charge in [0.15, 0.2) is 5.82 Å². The minimum Gasteiger partial charge on any atom is -0.368 e. The maximum atomic E-state index is 5.56. The van der Waals surface area contributed by atoms with Crippen LogP contribution in [0.5, 0.6) is 0 Å². The molecule has 0 unspecified atom stereocenters. The average Bonchev–Trinajstić information content (AvgIpc) is 3.27. The van der Waals surface area contributed by atoms with Crippen LogP contribution in [0.25, 0.3) is 11.0 Å². The van der Waals surface area contributed by atoms with E-state index in [2.05, 4.69) is 35.9 Å². The Bertz CT molecular complexity index is 796. The van der Waals surface area contributed by atoms with Gasteiger partial charge in [0, 0.05) is 13.2 Å². The largest absolute Gasteiger partial charge is 0.368 e. The smallest absolute Gasteiger partial charge is 0.255 e. The summed E-state index contributed by atoms with van der Waals surface area (Å²) in [5, 5.41) is 4.06. The quantitative estimate of drug-likeness (QED) is 0.711. The number of ether oxygens (including phenoxy) is 1. The molecule has 0 N–H and O–H groups in total. The van der Waals surface area contributed by atoms with E-state index in [-0.39, 0.29) is 6.10 Å². The Morgan fingerprint density at radius 1 is 1.26 bits per heavy atom. The summed E-state index contributed by atoms with van der Waals surface area (Å²) >= 11 is 1.24. The van der Waals surface area contributed by atoms with Gasteiger partial charge in [0.25, 0.3) is 5.89 Å². The van der Waals surface area contributed by atoms with Crippen molar-refractivity contribution < 1.29 is 9.26 Å². The third-order valence-electron chi connectivity index (χ3n) is 3.87. The molecule has 1 aliphatic rings. The van der Waals surface area contributed by atoms with Crippen LogP contribution >= 0.6 is 11.7 Å². The molecule has 1 fully saturated rings. The number of aromatic nitrogens is 4. The normalized spacial score (nSPS) is 18.3. The van der Waals surface area contributed by atoms with Crippen molar-refractivity contribution in [2.75, 3.05) is 13.7 Å². The lowest BCUT2D eigenvalue weighted by molar-refractivity contribution is 0.0835. The Morgan fingerprint density at radius 3 is 3.04 bits per heavy atom. The predicted octanol–water partition coefficient (Wildman–Crippen LogP) is 2.56. The minimum absolute atomic E-state index is 0.0267. The summed E-state index contributed by atoms with van der Waals surface area (Å²) in [6, 6.07) is 6.16. The third-order valence-corrected chi connectivity index (χ3v) is 4.43. The van der Waals surface area contributed by atoms with E-state index < -0.39 is 0 Å². The lowest BCUT2D eigenvalue weighted by Crippen LogP contribution is -2.18. The van der Waals surface area contributed by atoms with Crippen molar-refractivity contribution in [2.45, 2.75) is 32.0 Å². The van der Waals surface area contributed by atoms with Crippen molar-refractivity contribution >= 4 is 22.8 Å². The summed E-state index contributed by atoms with van der Waals surface area (Å²) in [4.78, 5) is 6.59. The lowest BCUT2D eigenvalue weighted by Gasteiger charge is -2.14. The van der Waals surface area contributed by atoms with Crippen LogP contribution < -0.4 is 0 Å². The van der Waals surface area contributed by atoms with Gasteiger partial charge in [-0.05, 0) is 37.6 Å². The van der Waals surface area contributed by atoms with Crippen molar-refractivity contribution in [1.29, 1.82) is 0 Å². The molecule has 1 saturated heterocycles. The van der Waals surface area contributed by atoms with Crippen molar-refractivity contribution in [2.24, 2.45) is 0 Å². The molecule has 7 nitrogen and oxygen atoms in total. The van der Waals surface area contributed by atoms with E-state index >= 15 is 0 Å². The molecule has 0 spiro atoms. The minimum atomic E-state index is -0.0267. The van der Waals surface area contributed by atoms with Crippen LogP contribution in [0.4, 0.5) is 0 Å². The second kappa shape index (κ2) is 6.31. The highest BCUT2D eigenvalue weighted by Gasteiger charge is 2.24. The van der Waals surface area contributed by atoms with Crippen LogP contribution in [0.3, 0.4) is 0 Å². The molecule has 1 aliphatic heterocycles. The summed E-state index contributed by atoms with van der Waals surface area (Å²) in [7, 11) is 2.03. The summed E-state index contributed by atoms with van der Waals surface area (Å²) in [5.41, 5.74) is 3.08. The molecule has 4 rings (SSSR count). The fraction of sp³-hybridized carbons (Fsp3) is 0.467. The standard InChI is InChI=1S/C15H17N5O2S/c1-20(8-10-4-5-11-12(7-10)19-23-18-11)9-14-16-15(22-17-14)13-3-2-6-21-13/h4-5,7,13H,2-3,6,8-9H2,1H3/t13-/m0/s1. The second-order valence-corrected chi connectivity index (χ2v) is 6.34. The molecule has 23 heavy (non-hydrogen) atoms. The zero-order valence-corrected chi connectivity index (χ0v) is 13.6. The van der Waals surface area contributed by atoms with Gasteiger partial charge >= 0.3 is 0 Å². The Labute approximate surface area is 137 Å². The van der Waals surface area contributed by atoms with Gasteiger partial charge < -0.3 is 9.26 Å². The Kier molecular flexibility index (Phi) is 4.02. The monoisotopic (exact) mass is 331 g/mol. The van der Waals surface area contributed by atoms with Gasteiger partial charge in [-0.15, -0.1) is 0 Å².